The summed E-state index contributed by atoms with van der Waals surface area (Å²) in [4.78, 5) is 12.8. The van der Waals surface area contributed by atoms with Gasteiger partial charge in [0.1, 0.15) is 11.4 Å². The molecule has 3 rings (SSSR count). The van der Waals surface area contributed by atoms with Crippen LogP contribution in [0.1, 0.15) is 43.7 Å². The fourth-order valence-electron chi connectivity index (χ4n) is 3.44. The molecule has 1 atom stereocenters. The van der Waals surface area contributed by atoms with Gasteiger partial charge in [0, 0.05) is 19.5 Å². The van der Waals surface area contributed by atoms with Crippen molar-refractivity contribution < 1.29 is 14.6 Å². The maximum atomic E-state index is 10.8. The highest BCUT2D eigenvalue weighted by Crippen LogP contribution is 2.39. The Labute approximate surface area is 125 Å². The quantitative estimate of drug-likeness (QED) is 0.929. The Morgan fingerprint density at radius 2 is 2.24 bits per heavy atom. The molecule has 0 amide bonds. The molecule has 0 bridgehead atoms. The van der Waals surface area contributed by atoms with E-state index in [4.69, 9.17) is 9.84 Å². The Balaban J connectivity index is 1.74. The van der Waals surface area contributed by atoms with Gasteiger partial charge in [0.25, 0.3) is 0 Å². The second-order valence-corrected chi connectivity index (χ2v) is 6.66. The van der Waals surface area contributed by atoms with E-state index in [2.05, 4.69) is 32.0 Å². The largest absolute Gasteiger partial charge is 0.486 e. The molecule has 0 radical (unpaired) electrons. The Morgan fingerprint density at radius 1 is 1.43 bits per heavy atom. The first-order valence-electron chi connectivity index (χ1n) is 7.73. The van der Waals surface area contributed by atoms with Crippen molar-refractivity contribution >= 4 is 5.97 Å². The predicted octanol–water partition coefficient (Wildman–Crippen LogP) is 2.66. The Hall–Kier alpha value is -1.55. The van der Waals surface area contributed by atoms with Gasteiger partial charge in [-0.1, -0.05) is 26.0 Å². The molecule has 114 valence electrons. The molecular formula is C17H23NO3. The van der Waals surface area contributed by atoms with Crippen LogP contribution < -0.4 is 4.74 Å². The number of hydrogen-bond acceptors (Lipinski definition) is 3. The minimum Gasteiger partial charge on any atom is -0.486 e. The number of aryl methyl sites for hydroxylation is 1. The third-order valence-corrected chi connectivity index (χ3v) is 4.68. The number of likely N-dealkylation sites (tertiary alicyclic amines) is 1. The highest BCUT2D eigenvalue weighted by Gasteiger charge is 2.42. The summed E-state index contributed by atoms with van der Waals surface area (Å²) in [6, 6.07) is 6.49. The minimum atomic E-state index is -0.759. The molecule has 0 aliphatic carbocycles. The van der Waals surface area contributed by atoms with E-state index in [1.165, 1.54) is 11.1 Å². The van der Waals surface area contributed by atoms with E-state index in [1.54, 1.807) is 0 Å². The number of benzene rings is 1. The third kappa shape index (κ3) is 2.91. The number of aliphatic carboxylic acids is 1. The molecule has 1 fully saturated rings. The SMILES string of the molecule is CC(C)c1ccc2c(c1)CCC1(CCN(CC(=O)O)C1)O2. The summed E-state index contributed by atoms with van der Waals surface area (Å²) in [7, 11) is 0. The smallest absolute Gasteiger partial charge is 0.317 e. The van der Waals surface area contributed by atoms with E-state index in [-0.39, 0.29) is 12.1 Å². The van der Waals surface area contributed by atoms with Crippen molar-refractivity contribution in [1.29, 1.82) is 0 Å². The summed E-state index contributed by atoms with van der Waals surface area (Å²) in [5.41, 5.74) is 2.47. The Kier molecular flexibility index (Phi) is 3.66. The van der Waals surface area contributed by atoms with Crippen molar-refractivity contribution in [1.82, 2.24) is 4.90 Å². The van der Waals surface area contributed by atoms with Gasteiger partial charge in [-0.05, 0) is 36.0 Å². The van der Waals surface area contributed by atoms with Crippen molar-refractivity contribution in [2.45, 2.75) is 44.6 Å². The zero-order chi connectivity index (χ0) is 15.0. The summed E-state index contributed by atoms with van der Waals surface area (Å²) >= 11 is 0. The van der Waals surface area contributed by atoms with Gasteiger partial charge in [-0.3, -0.25) is 9.69 Å². The first-order valence-corrected chi connectivity index (χ1v) is 7.73. The number of ether oxygens (including phenoxy) is 1. The summed E-state index contributed by atoms with van der Waals surface area (Å²) in [5.74, 6) is 0.761. The van der Waals surface area contributed by atoms with E-state index >= 15 is 0 Å². The van der Waals surface area contributed by atoms with Crippen LogP contribution in [0, 0.1) is 0 Å². The number of hydrogen-bond donors (Lipinski definition) is 1. The molecule has 1 N–H and O–H groups in total. The van der Waals surface area contributed by atoms with Gasteiger partial charge in [-0.2, -0.15) is 0 Å². The molecule has 1 aromatic rings. The molecule has 0 saturated carbocycles. The maximum Gasteiger partial charge on any atom is 0.317 e. The molecule has 2 heterocycles. The van der Waals surface area contributed by atoms with Crippen molar-refractivity contribution in [3.05, 3.63) is 29.3 Å². The van der Waals surface area contributed by atoms with Gasteiger partial charge in [0.05, 0.1) is 6.54 Å². The third-order valence-electron chi connectivity index (χ3n) is 4.68. The molecule has 21 heavy (non-hydrogen) atoms. The molecule has 4 heteroatoms. The fraction of sp³-hybridized carbons (Fsp3) is 0.588. The number of carboxylic acid groups (broad SMARTS) is 1. The molecule has 4 nitrogen and oxygen atoms in total. The predicted molar refractivity (Wildman–Crippen MR) is 80.9 cm³/mol. The zero-order valence-corrected chi connectivity index (χ0v) is 12.8. The maximum absolute atomic E-state index is 10.8. The molecule has 0 aromatic heterocycles. The van der Waals surface area contributed by atoms with Crippen molar-refractivity contribution in [3.63, 3.8) is 0 Å². The standard InChI is InChI=1S/C17H23NO3/c1-12(2)13-3-4-15-14(9-13)5-6-17(21-15)7-8-18(11-17)10-16(19)20/h3-4,9,12H,5-8,10-11H2,1-2H3,(H,19,20). The lowest BCUT2D eigenvalue weighted by atomic mass is 9.88. The summed E-state index contributed by atoms with van der Waals surface area (Å²) in [5, 5.41) is 8.92. The first kappa shape index (κ1) is 14.4. The van der Waals surface area contributed by atoms with Crippen LogP contribution in [0.25, 0.3) is 0 Å². The van der Waals surface area contributed by atoms with E-state index in [1.807, 2.05) is 4.90 Å². The number of carboxylic acids is 1. The normalized spacial score (nSPS) is 25.1. The average Bonchev–Trinajstić information content (AvgIpc) is 2.80. The Morgan fingerprint density at radius 3 is 2.95 bits per heavy atom. The Bertz CT molecular complexity index is 555. The molecule has 1 aromatic carbocycles. The monoisotopic (exact) mass is 289 g/mol. The number of carbonyl (C=O) groups is 1. The van der Waals surface area contributed by atoms with Gasteiger partial charge in [0.2, 0.25) is 0 Å². The highest BCUT2D eigenvalue weighted by molar-refractivity contribution is 5.69. The molecule has 1 spiro atoms. The van der Waals surface area contributed by atoms with Crippen molar-refractivity contribution in [3.8, 4) is 5.75 Å². The van der Waals surface area contributed by atoms with Crippen LogP contribution >= 0.6 is 0 Å². The zero-order valence-electron chi connectivity index (χ0n) is 12.8. The number of nitrogens with zero attached hydrogens (tertiary/aromatic N) is 1. The van der Waals surface area contributed by atoms with Crippen LogP contribution in [0.15, 0.2) is 18.2 Å². The van der Waals surface area contributed by atoms with Gasteiger partial charge >= 0.3 is 5.97 Å². The van der Waals surface area contributed by atoms with Crippen molar-refractivity contribution in [2.24, 2.45) is 0 Å². The number of fused-ring (bicyclic) bond motifs is 1. The second kappa shape index (κ2) is 5.34. The van der Waals surface area contributed by atoms with E-state index in [0.717, 1.165) is 38.1 Å². The van der Waals surface area contributed by atoms with Crippen LogP contribution in [0.4, 0.5) is 0 Å². The molecule has 1 unspecified atom stereocenters. The number of rotatable bonds is 3. The van der Waals surface area contributed by atoms with Crippen LogP contribution in [-0.2, 0) is 11.2 Å². The summed E-state index contributed by atoms with van der Waals surface area (Å²) in [6.45, 7) is 6.06. The van der Waals surface area contributed by atoms with E-state index < -0.39 is 5.97 Å². The lowest BCUT2D eigenvalue weighted by molar-refractivity contribution is -0.138. The summed E-state index contributed by atoms with van der Waals surface area (Å²) < 4.78 is 6.29. The molecule has 2 aliphatic heterocycles. The van der Waals surface area contributed by atoms with Crippen LogP contribution in [0.5, 0.6) is 5.75 Å². The van der Waals surface area contributed by atoms with Crippen LogP contribution in [0.3, 0.4) is 0 Å². The van der Waals surface area contributed by atoms with Crippen molar-refractivity contribution in [2.75, 3.05) is 19.6 Å². The summed E-state index contributed by atoms with van der Waals surface area (Å²) in [6.07, 6.45) is 2.93. The van der Waals surface area contributed by atoms with E-state index in [0.29, 0.717) is 5.92 Å². The van der Waals surface area contributed by atoms with Gasteiger partial charge in [0.15, 0.2) is 0 Å². The lowest BCUT2D eigenvalue weighted by Crippen LogP contribution is -2.43. The fourth-order valence-corrected chi connectivity index (χ4v) is 3.44. The molecule has 2 aliphatic rings. The molecule has 1 saturated heterocycles. The topological polar surface area (TPSA) is 49.8 Å². The lowest BCUT2D eigenvalue weighted by Gasteiger charge is -2.36. The highest BCUT2D eigenvalue weighted by atomic mass is 16.5. The minimum absolute atomic E-state index is 0.115. The second-order valence-electron chi connectivity index (χ2n) is 6.66. The molecular weight excluding hydrogens is 266 g/mol. The van der Waals surface area contributed by atoms with E-state index in [9.17, 15) is 4.79 Å². The van der Waals surface area contributed by atoms with Gasteiger partial charge < -0.3 is 9.84 Å². The first-order chi connectivity index (χ1) is 9.97. The van der Waals surface area contributed by atoms with Gasteiger partial charge in [-0.15, -0.1) is 0 Å². The van der Waals surface area contributed by atoms with Crippen LogP contribution in [0.2, 0.25) is 0 Å². The van der Waals surface area contributed by atoms with Gasteiger partial charge in [-0.25, -0.2) is 0 Å². The van der Waals surface area contributed by atoms with Crippen LogP contribution in [-0.4, -0.2) is 41.2 Å². The average molecular weight is 289 g/mol.